The van der Waals surface area contributed by atoms with E-state index < -0.39 is 55.8 Å². The lowest BCUT2D eigenvalue weighted by molar-refractivity contribution is -0.138. The largest absolute Gasteiger partial charge is 0.476 e. The van der Waals surface area contributed by atoms with Gasteiger partial charge in [0.15, 0.2) is 5.69 Å². The van der Waals surface area contributed by atoms with Crippen molar-refractivity contribution in [2.75, 3.05) is 4.31 Å². The minimum Gasteiger partial charge on any atom is -0.476 e. The molecule has 0 aliphatic rings. The number of carboxylic acids is 1. The van der Waals surface area contributed by atoms with Crippen LogP contribution < -0.4 is 4.31 Å². The molecule has 2 rings (SSSR count). The van der Waals surface area contributed by atoms with Gasteiger partial charge in [-0.05, 0) is 12.1 Å². The summed E-state index contributed by atoms with van der Waals surface area (Å²) in [7, 11) is -5.16. The minimum atomic E-state index is -5.16. The summed E-state index contributed by atoms with van der Waals surface area (Å²) >= 11 is 12.0. The Hall–Kier alpha value is -1.60. The lowest BCUT2D eigenvalue weighted by Gasteiger charge is -2.23. The molecule has 0 unspecified atom stereocenters. The highest BCUT2D eigenvalue weighted by atomic mass is 35.5. The zero-order valence-electron chi connectivity index (χ0n) is 12.2. The molecular formula is C12H7Cl2F3N2O5S2. The van der Waals surface area contributed by atoms with Crippen LogP contribution in [0.1, 0.15) is 21.6 Å². The SMILES string of the molecule is O=C(O)c1ncsc1N(Cc1c(C(F)(F)F)ccc(Cl)c1Cl)S(=O)(=O)O. The van der Waals surface area contributed by atoms with Crippen molar-refractivity contribution in [1.29, 1.82) is 0 Å². The van der Waals surface area contributed by atoms with Gasteiger partial charge in [0.05, 0.1) is 27.7 Å². The summed E-state index contributed by atoms with van der Waals surface area (Å²) in [4.78, 5) is 14.6. The molecule has 0 saturated heterocycles. The highest BCUT2D eigenvalue weighted by Gasteiger charge is 2.37. The molecule has 0 fully saturated rings. The third-order valence-electron chi connectivity index (χ3n) is 3.06. The monoisotopic (exact) mass is 450 g/mol. The third-order valence-corrected chi connectivity index (χ3v) is 5.74. The molecule has 0 aliphatic heterocycles. The molecule has 1 aromatic carbocycles. The number of thiazole rings is 1. The van der Waals surface area contributed by atoms with E-state index in [2.05, 4.69) is 4.98 Å². The second kappa shape index (κ2) is 7.19. The van der Waals surface area contributed by atoms with Crippen LogP contribution in [0.2, 0.25) is 10.0 Å². The van der Waals surface area contributed by atoms with Crippen molar-refractivity contribution in [3.05, 3.63) is 44.5 Å². The minimum absolute atomic E-state index is 0.0565. The molecule has 0 amide bonds. The maximum Gasteiger partial charge on any atom is 0.416 e. The molecule has 142 valence electrons. The third kappa shape index (κ3) is 4.20. The van der Waals surface area contributed by atoms with E-state index >= 15 is 0 Å². The van der Waals surface area contributed by atoms with Gasteiger partial charge in [0.2, 0.25) is 0 Å². The van der Waals surface area contributed by atoms with E-state index in [1.807, 2.05) is 0 Å². The molecule has 1 aromatic heterocycles. The lowest BCUT2D eigenvalue weighted by atomic mass is 10.1. The van der Waals surface area contributed by atoms with Crippen LogP contribution in [0.3, 0.4) is 0 Å². The Bertz CT molecular complexity index is 962. The topological polar surface area (TPSA) is 108 Å². The van der Waals surface area contributed by atoms with Gasteiger partial charge in [-0.25, -0.2) is 14.1 Å². The van der Waals surface area contributed by atoms with Gasteiger partial charge in [0.25, 0.3) is 0 Å². The van der Waals surface area contributed by atoms with E-state index in [0.29, 0.717) is 17.4 Å². The summed E-state index contributed by atoms with van der Waals surface area (Å²) in [5, 5.41) is 7.57. The zero-order chi connectivity index (χ0) is 19.9. The molecule has 0 radical (unpaired) electrons. The Morgan fingerprint density at radius 3 is 2.42 bits per heavy atom. The first-order valence-corrected chi connectivity index (χ1v) is 9.33. The fourth-order valence-corrected chi connectivity index (χ4v) is 4.07. The fraction of sp³-hybridized carbons (Fsp3) is 0.167. The van der Waals surface area contributed by atoms with Crippen molar-refractivity contribution >= 4 is 55.8 Å². The van der Waals surface area contributed by atoms with Crippen LogP contribution in [0, 0.1) is 0 Å². The molecule has 7 nitrogen and oxygen atoms in total. The Balaban J connectivity index is 2.67. The van der Waals surface area contributed by atoms with Crippen molar-refractivity contribution in [2.45, 2.75) is 12.7 Å². The predicted molar refractivity (Wildman–Crippen MR) is 88.3 cm³/mol. The standard InChI is InChI=1S/C12H7Cl2F3N2O5S2/c13-7-2-1-6(12(15,16)17)5(8(7)14)3-19(26(22,23)24)10-9(11(20)21)18-4-25-10/h1-2,4H,3H2,(H,20,21)(H,22,23,24). The number of anilines is 1. The number of hydrogen-bond donors (Lipinski definition) is 2. The molecule has 14 heteroatoms. The molecule has 0 spiro atoms. The second-order valence-electron chi connectivity index (χ2n) is 4.68. The molecule has 2 aromatic rings. The molecule has 1 heterocycles. The van der Waals surface area contributed by atoms with Crippen LogP contribution in [0.25, 0.3) is 0 Å². The van der Waals surface area contributed by atoms with E-state index in [0.717, 1.165) is 11.6 Å². The first-order valence-electron chi connectivity index (χ1n) is 6.30. The normalized spacial score (nSPS) is 12.2. The van der Waals surface area contributed by atoms with Gasteiger partial charge >= 0.3 is 22.4 Å². The summed E-state index contributed by atoms with van der Waals surface area (Å²) in [5.41, 5.74) is -1.85. The number of alkyl halides is 3. The van der Waals surface area contributed by atoms with Crippen molar-refractivity contribution in [3.8, 4) is 0 Å². The van der Waals surface area contributed by atoms with Crippen LogP contribution >= 0.6 is 34.5 Å². The molecule has 0 atom stereocenters. The number of halogens is 5. The lowest BCUT2D eigenvalue weighted by Crippen LogP contribution is -2.31. The van der Waals surface area contributed by atoms with E-state index in [1.54, 1.807) is 0 Å². The van der Waals surface area contributed by atoms with Gasteiger partial charge < -0.3 is 5.11 Å². The Kier molecular flexibility index (Phi) is 5.73. The summed E-state index contributed by atoms with van der Waals surface area (Å²) < 4.78 is 72.5. The molecule has 26 heavy (non-hydrogen) atoms. The Labute approximate surface area is 158 Å². The molecular weight excluding hydrogens is 444 g/mol. The Morgan fingerprint density at radius 1 is 1.31 bits per heavy atom. The Morgan fingerprint density at radius 2 is 1.92 bits per heavy atom. The van der Waals surface area contributed by atoms with Crippen LogP contribution in [-0.4, -0.2) is 29.0 Å². The first-order chi connectivity index (χ1) is 11.8. The van der Waals surface area contributed by atoms with Crippen LogP contribution in [-0.2, 0) is 23.0 Å². The number of nitrogens with zero attached hydrogens (tertiary/aromatic N) is 2. The first kappa shape index (κ1) is 20.7. The van der Waals surface area contributed by atoms with Crippen LogP contribution in [0.15, 0.2) is 17.6 Å². The second-order valence-corrected chi connectivity index (χ2v) is 7.64. The summed E-state index contributed by atoms with van der Waals surface area (Å²) in [6, 6.07) is 1.47. The number of aromatic carboxylic acids is 1. The summed E-state index contributed by atoms with van der Waals surface area (Å²) in [5.74, 6) is -1.64. The molecule has 0 saturated carbocycles. The quantitative estimate of drug-likeness (QED) is 0.667. The number of rotatable bonds is 5. The van der Waals surface area contributed by atoms with Gasteiger partial charge in [-0.15, -0.1) is 11.3 Å². The van der Waals surface area contributed by atoms with Gasteiger partial charge in [-0.2, -0.15) is 21.6 Å². The van der Waals surface area contributed by atoms with Gasteiger partial charge in [0, 0.05) is 5.56 Å². The highest BCUT2D eigenvalue weighted by molar-refractivity contribution is 7.87. The summed E-state index contributed by atoms with van der Waals surface area (Å²) in [6.45, 7) is -1.12. The van der Waals surface area contributed by atoms with E-state index in [1.165, 1.54) is 0 Å². The molecule has 2 N–H and O–H groups in total. The molecule has 0 aliphatic carbocycles. The van der Waals surface area contributed by atoms with Crippen molar-refractivity contribution in [1.82, 2.24) is 4.98 Å². The predicted octanol–water partition coefficient (Wildman–Crippen LogP) is 3.98. The van der Waals surface area contributed by atoms with E-state index in [-0.39, 0.29) is 9.33 Å². The number of benzene rings is 1. The fourth-order valence-electron chi connectivity index (χ4n) is 1.98. The average Bonchev–Trinajstić information content (AvgIpc) is 2.95. The van der Waals surface area contributed by atoms with Gasteiger partial charge in [0.1, 0.15) is 5.00 Å². The van der Waals surface area contributed by atoms with Crippen LogP contribution in [0.5, 0.6) is 0 Å². The smallest absolute Gasteiger partial charge is 0.416 e. The van der Waals surface area contributed by atoms with Gasteiger partial charge in [-0.3, -0.25) is 4.55 Å². The van der Waals surface area contributed by atoms with Crippen molar-refractivity contribution in [3.63, 3.8) is 0 Å². The van der Waals surface area contributed by atoms with Crippen LogP contribution in [0.4, 0.5) is 18.2 Å². The average molecular weight is 451 g/mol. The maximum absolute atomic E-state index is 13.2. The number of aromatic nitrogens is 1. The number of carboxylic acid groups (broad SMARTS) is 1. The summed E-state index contributed by atoms with van der Waals surface area (Å²) in [6.07, 6.45) is -4.90. The van der Waals surface area contributed by atoms with E-state index in [4.69, 9.17) is 28.3 Å². The number of hydrogen-bond acceptors (Lipinski definition) is 5. The zero-order valence-corrected chi connectivity index (χ0v) is 15.3. The van der Waals surface area contributed by atoms with E-state index in [9.17, 15) is 30.9 Å². The maximum atomic E-state index is 13.2. The number of carbonyl (C=O) groups is 1. The van der Waals surface area contributed by atoms with Crippen molar-refractivity contribution < 1.29 is 36.0 Å². The van der Waals surface area contributed by atoms with Gasteiger partial charge in [-0.1, -0.05) is 23.2 Å². The molecule has 0 bridgehead atoms. The highest BCUT2D eigenvalue weighted by Crippen LogP contribution is 2.40. The van der Waals surface area contributed by atoms with Crippen molar-refractivity contribution in [2.24, 2.45) is 0 Å².